The molecule has 0 aromatic carbocycles. The molecule has 1 rings (SSSR count). The first-order chi connectivity index (χ1) is 5.99. The highest BCUT2D eigenvalue weighted by Crippen LogP contribution is 2.28. The SMILES string of the molecule is C=CCC(=O)N1CC(O)(C(C)C)C1. The van der Waals surface area contributed by atoms with E-state index >= 15 is 0 Å². The van der Waals surface area contributed by atoms with Crippen molar-refractivity contribution >= 4 is 5.91 Å². The fraction of sp³-hybridized carbons (Fsp3) is 0.700. The maximum atomic E-state index is 11.3. The van der Waals surface area contributed by atoms with Crippen molar-refractivity contribution in [3.63, 3.8) is 0 Å². The average Bonchev–Trinajstić information content (AvgIpc) is 1.98. The summed E-state index contributed by atoms with van der Waals surface area (Å²) in [5.41, 5.74) is -0.656. The maximum absolute atomic E-state index is 11.3. The second-order valence-electron chi connectivity index (χ2n) is 4.00. The molecular formula is C10H17NO2. The van der Waals surface area contributed by atoms with Crippen LogP contribution in [-0.2, 0) is 4.79 Å². The van der Waals surface area contributed by atoms with Gasteiger partial charge in [0.1, 0.15) is 5.60 Å². The van der Waals surface area contributed by atoms with Gasteiger partial charge in [0.15, 0.2) is 0 Å². The van der Waals surface area contributed by atoms with E-state index in [0.29, 0.717) is 19.5 Å². The fourth-order valence-corrected chi connectivity index (χ4v) is 1.41. The van der Waals surface area contributed by atoms with Gasteiger partial charge in [0, 0.05) is 6.42 Å². The fourth-order valence-electron chi connectivity index (χ4n) is 1.41. The van der Waals surface area contributed by atoms with Crippen molar-refractivity contribution in [2.45, 2.75) is 25.9 Å². The van der Waals surface area contributed by atoms with Crippen molar-refractivity contribution in [1.29, 1.82) is 0 Å². The lowest BCUT2D eigenvalue weighted by Gasteiger charge is -2.49. The first-order valence-corrected chi connectivity index (χ1v) is 4.60. The van der Waals surface area contributed by atoms with E-state index in [2.05, 4.69) is 6.58 Å². The van der Waals surface area contributed by atoms with Crippen LogP contribution in [0.4, 0.5) is 0 Å². The molecule has 1 aliphatic heterocycles. The van der Waals surface area contributed by atoms with Gasteiger partial charge >= 0.3 is 0 Å². The molecule has 0 atom stereocenters. The van der Waals surface area contributed by atoms with Gasteiger partial charge in [0.25, 0.3) is 0 Å². The normalized spacial score (nSPS) is 19.8. The van der Waals surface area contributed by atoms with Crippen LogP contribution >= 0.6 is 0 Å². The summed E-state index contributed by atoms with van der Waals surface area (Å²) in [6.07, 6.45) is 1.96. The molecule has 0 unspecified atom stereocenters. The monoisotopic (exact) mass is 183 g/mol. The molecule has 0 aromatic heterocycles. The summed E-state index contributed by atoms with van der Waals surface area (Å²) >= 11 is 0. The number of likely N-dealkylation sites (tertiary alicyclic amines) is 1. The molecule has 0 bridgehead atoms. The molecular weight excluding hydrogens is 166 g/mol. The predicted molar refractivity (Wildman–Crippen MR) is 51.2 cm³/mol. The van der Waals surface area contributed by atoms with Crippen LogP contribution < -0.4 is 0 Å². The summed E-state index contributed by atoms with van der Waals surface area (Å²) in [6.45, 7) is 8.38. The van der Waals surface area contributed by atoms with Crippen molar-refractivity contribution < 1.29 is 9.90 Å². The molecule has 3 heteroatoms. The van der Waals surface area contributed by atoms with E-state index < -0.39 is 5.60 Å². The van der Waals surface area contributed by atoms with E-state index in [1.807, 2.05) is 13.8 Å². The average molecular weight is 183 g/mol. The molecule has 1 fully saturated rings. The molecule has 1 saturated heterocycles. The molecule has 3 nitrogen and oxygen atoms in total. The summed E-state index contributed by atoms with van der Waals surface area (Å²) in [4.78, 5) is 12.9. The number of carbonyl (C=O) groups is 1. The molecule has 74 valence electrons. The number of carbonyl (C=O) groups excluding carboxylic acids is 1. The topological polar surface area (TPSA) is 40.5 Å². The molecule has 1 aliphatic rings. The lowest BCUT2D eigenvalue weighted by Crippen LogP contribution is -2.65. The Bertz CT molecular complexity index is 217. The lowest BCUT2D eigenvalue weighted by molar-refractivity contribution is -0.162. The van der Waals surface area contributed by atoms with E-state index in [1.165, 1.54) is 0 Å². The van der Waals surface area contributed by atoms with E-state index in [4.69, 9.17) is 0 Å². The minimum Gasteiger partial charge on any atom is -0.386 e. The Kier molecular flexibility index (Phi) is 2.76. The molecule has 0 radical (unpaired) electrons. The van der Waals surface area contributed by atoms with Crippen LogP contribution in [0.5, 0.6) is 0 Å². The van der Waals surface area contributed by atoms with Crippen LogP contribution in [0, 0.1) is 5.92 Å². The molecule has 1 heterocycles. The van der Waals surface area contributed by atoms with Crippen molar-refractivity contribution in [2.75, 3.05) is 13.1 Å². The lowest BCUT2D eigenvalue weighted by atomic mass is 9.83. The third kappa shape index (κ3) is 1.91. The number of rotatable bonds is 3. The predicted octanol–water partition coefficient (Wildman–Crippen LogP) is 0.792. The molecule has 0 aliphatic carbocycles. The molecule has 13 heavy (non-hydrogen) atoms. The molecule has 1 amide bonds. The Hall–Kier alpha value is -0.830. The molecule has 0 aromatic rings. The van der Waals surface area contributed by atoms with Crippen molar-refractivity contribution in [3.05, 3.63) is 12.7 Å². The summed E-state index contributed by atoms with van der Waals surface area (Å²) in [5.74, 6) is 0.264. The Labute approximate surface area is 79.0 Å². The second-order valence-corrected chi connectivity index (χ2v) is 4.00. The van der Waals surface area contributed by atoms with Gasteiger partial charge < -0.3 is 10.0 Å². The standard InChI is InChI=1S/C10H17NO2/c1-4-5-9(12)11-6-10(13,7-11)8(2)3/h4,8,13H,1,5-7H2,2-3H3. The summed E-state index contributed by atoms with van der Waals surface area (Å²) in [6, 6.07) is 0. The van der Waals surface area contributed by atoms with Gasteiger partial charge in [-0.1, -0.05) is 19.9 Å². The molecule has 1 N–H and O–H groups in total. The number of aliphatic hydroxyl groups is 1. The quantitative estimate of drug-likeness (QED) is 0.657. The van der Waals surface area contributed by atoms with Gasteiger partial charge in [-0.15, -0.1) is 6.58 Å². The van der Waals surface area contributed by atoms with Gasteiger partial charge in [0.2, 0.25) is 5.91 Å². The largest absolute Gasteiger partial charge is 0.386 e. The Morgan fingerprint density at radius 1 is 1.69 bits per heavy atom. The van der Waals surface area contributed by atoms with Crippen LogP contribution in [-0.4, -0.2) is 34.6 Å². The minimum absolute atomic E-state index is 0.0559. The summed E-state index contributed by atoms with van der Waals surface area (Å²) in [7, 11) is 0. The first kappa shape index (κ1) is 10.3. The Morgan fingerprint density at radius 3 is 2.62 bits per heavy atom. The van der Waals surface area contributed by atoms with Crippen molar-refractivity contribution in [2.24, 2.45) is 5.92 Å². The van der Waals surface area contributed by atoms with Gasteiger partial charge in [-0.05, 0) is 5.92 Å². The highest BCUT2D eigenvalue weighted by Gasteiger charge is 2.45. The number of nitrogens with zero attached hydrogens (tertiary/aromatic N) is 1. The van der Waals surface area contributed by atoms with Crippen molar-refractivity contribution in [1.82, 2.24) is 4.90 Å². The third-order valence-electron chi connectivity index (χ3n) is 2.68. The zero-order valence-electron chi connectivity index (χ0n) is 8.29. The van der Waals surface area contributed by atoms with Gasteiger partial charge in [-0.2, -0.15) is 0 Å². The van der Waals surface area contributed by atoms with Crippen LogP contribution in [0.15, 0.2) is 12.7 Å². The zero-order valence-corrected chi connectivity index (χ0v) is 8.29. The smallest absolute Gasteiger partial charge is 0.226 e. The summed E-state index contributed by atoms with van der Waals surface area (Å²) in [5, 5.41) is 9.86. The summed E-state index contributed by atoms with van der Waals surface area (Å²) < 4.78 is 0. The molecule has 0 spiro atoms. The highest BCUT2D eigenvalue weighted by molar-refractivity contribution is 5.78. The van der Waals surface area contributed by atoms with Crippen LogP contribution in [0.2, 0.25) is 0 Å². The number of hydrogen-bond acceptors (Lipinski definition) is 2. The van der Waals surface area contributed by atoms with Crippen molar-refractivity contribution in [3.8, 4) is 0 Å². The Balaban J connectivity index is 2.40. The minimum atomic E-state index is -0.656. The van der Waals surface area contributed by atoms with E-state index in [9.17, 15) is 9.90 Å². The Morgan fingerprint density at radius 2 is 2.23 bits per heavy atom. The number of hydrogen-bond donors (Lipinski definition) is 1. The van der Waals surface area contributed by atoms with E-state index in [0.717, 1.165) is 0 Å². The van der Waals surface area contributed by atoms with Gasteiger partial charge in [0.05, 0.1) is 13.1 Å². The second kappa shape index (κ2) is 3.50. The van der Waals surface area contributed by atoms with Crippen LogP contribution in [0.3, 0.4) is 0 Å². The highest BCUT2D eigenvalue weighted by atomic mass is 16.3. The molecule has 0 saturated carbocycles. The third-order valence-corrected chi connectivity index (χ3v) is 2.68. The maximum Gasteiger partial charge on any atom is 0.226 e. The van der Waals surface area contributed by atoms with E-state index in [-0.39, 0.29) is 11.8 Å². The van der Waals surface area contributed by atoms with E-state index in [1.54, 1.807) is 11.0 Å². The zero-order chi connectivity index (χ0) is 10.1. The first-order valence-electron chi connectivity index (χ1n) is 4.60. The van der Waals surface area contributed by atoms with Gasteiger partial charge in [-0.3, -0.25) is 4.79 Å². The number of amides is 1. The number of β-amino-alcohol motifs (C(OH)–C–C–N with tert-alkyl or cyclic N) is 1. The van der Waals surface area contributed by atoms with Gasteiger partial charge in [-0.25, -0.2) is 0 Å². The van der Waals surface area contributed by atoms with Crippen LogP contribution in [0.1, 0.15) is 20.3 Å². The van der Waals surface area contributed by atoms with Crippen LogP contribution in [0.25, 0.3) is 0 Å².